The number of alkyl carbamates (subject to hydrolysis) is 1. The zero-order valence-corrected chi connectivity index (χ0v) is 29.1. The highest BCUT2D eigenvalue weighted by Crippen LogP contribution is 2.45. The summed E-state index contributed by atoms with van der Waals surface area (Å²) in [6, 6.07) is 2.09. The van der Waals surface area contributed by atoms with Crippen LogP contribution in [0.1, 0.15) is 70.7 Å². The zero-order valence-electron chi connectivity index (χ0n) is 29.1. The van der Waals surface area contributed by atoms with E-state index in [-0.39, 0.29) is 35.1 Å². The van der Waals surface area contributed by atoms with Crippen molar-refractivity contribution in [1.82, 2.24) is 25.1 Å². The van der Waals surface area contributed by atoms with E-state index in [2.05, 4.69) is 20.2 Å². The highest BCUT2D eigenvalue weighted by molar-refractivity contribution is 5.97. The lowest BCUT2D eigenvalue weighted by atomic mass is 9.72. The third-order valence-electron chi connectivity index (χ3n) is 9.18. The third kappa shape index (κ3) is 9.51. The quantitative estimate of drug-likeness (QED) is 0.339. The van der Waals surface area contributed by atoms with Gasteiger partial charge in [-0.2, -0.15) is 13.2 Å². The second-order valence-electron chi connectivity index (χ2n) is 14.9. The lowest BCUT2D eigenvalue weighted by Gasteiger charge is -2.55. The Kier molecular flexibility index (Phi) is 10.8. The van der Waals surface area contributed by atoms with E-state index in [1.807, 2.05) is 4.90 Å². The molecule has 5 rings (SSSR count). The van der Waals surface area contributed by atoms with Gasteiger partial charge in [0.05, 0.1) is 31.0 Å². The number of aliphatic hydroxyl groups is 1. The van der Waals surface area contributed by atoms with Gasteiger partial charge in [0, 0.05) is 31.0 Å². The number of carbonyl (C=O) groups excluding carboxylic acids is 2. The summed E-state index contributed by atoms with van der Waals surface area (Å²) < 4.78 is 71.3. The lowest BCUT2D eigenvalue weighted by Crippen LogP contribution is -2.62. The third-order valence-corrected chi connectivity index (χ3v) is 9.18. The fourth-order valence-electron chi connectivity index (χ4n) is 6.62. The molecule has 0 saturated carbocycles. The number of nitrogens with zero attached hydrogens (tertiary/aromatic N) is 5. The molecule has 1 aromatic heterocycles. The molecule has 1 aromatic carbocycles. The molecule has 2 aromatic rings. The first kappa shape index (κ1) is 37.5. The average molecular weight is 711 g/mol. The number of carbonyl (C=O) groups is 2. The number of piperidine rings is 1. The fourth-order valence-corrected chi connectivity index (χ4v) is 6.62. The Morgan fingerprint density at radius 2 is 1.84 bits per heavy atom. The Morgan fingerprint density at radius 3 is 2.44 bits per heavy atom. The number of anilines is 1. The number of alkyl halides is 3. The van der Waals surface area contributed by atoms with Crippen LogP contribution in [0.25, 0.3) is 0 Å². The molecule has 12 nitrogen and oxygen atoms in total. The molecule has 276 valence electrons. The molecule has 2 amide bonds. The van der Waals surface area contributed by atoms with Gasteiger partial charge in [0.15, 0.2) is 17.4 Å². The van der Waals surface area contributed by atoms with Crippen LogP contribution in [0.15, 0.2) is 30.7 Å². The van der Waals surface area contributed by atoms with Crippen LogP contribution in [0, 0.1) is 11.2 Å². The van der Waals surface area contributed by atoms with Crippen LogP contribution in [0.2, 0.25) is 0 Å². The molecule has 50 heavy (non-hydrogen) atoms. The Hall–Kier alpha value is -3.76. The molecule has 4 heterocycles. The molecular formula is C34H46F4N6O6. The van der Waals surface area contributed by atoms with Gasteiger partial charge < -0.3 is 34.4 Å². The van der Waals surface area contributed by atoms with Crippen molar-refractivity contribution >= 4 is 17.8 Å². The first-order chi connectivity index (χ1) is 23.3. The fraction of sp³-hybridized carbons (Fsp3) is 0.647. The van der Waals surface area contributed by atoms with Crippen LogP contribution >= 0.6 is 0 Å². The molecule has 0 unspecified atom stereocenters. The monoisotopic (exact) mass is 710 g/mol. The normalized spacial score (nSPS) is 22.6. The van der Waals surface area contributed by atoms with E-state index < -0.39 is 48.0 Å². The number of halogens is 4. The minimum absolute atomic E-state index is 0.00353. The SMILES string of the molecule is CC(C)N(CC(F)(F)F)C(=O)c1cc(F)ccc1Oc1cncnc1N1CC2(CCN(C[C@@]3(O)CC[C@@H](NC(=O)OC(C)(C)C)CO3)CC2)C1. The Bertz CT molecular complexity index is 1510. The number of nitrogens with one attached hydrogen (secondary N) is 1. The van der Waals surface area contributed by atoms with Gasteiger partial charge in [0.1, 0.15) is 30.0 Å². The number of ether oxygens (including phenoxy) is 3. The number of hydrogen-bond acceptors (Lipinski definition) is 10. The van der Waals surface area contributed by atoms with Crippen LogP contribution in [0.3, 0.4) is 0 Å². The van der Waals surface area contributed by atoms with Crippen molar-refractivity contribution in [2.75, 3.05) is 50.8 Å². The molecule has 2 atom stereocenters. The van der Waals surface area contributed by atoms with Crippen molar-refractivity contribution < 1.29 is 46.5 Å². The summed E-state index contributed by atoms with van der Waals surface area (Å²) in [5.74, 6) is -2.60. The van der Waals surface area contributed by atoms with Crippen LogP contribution in [0.5, 0.6) is 11.5 Å². The highest BCUT2D eigenvalue weighted by Gasteiger charge is 2.47. The molecular weight excluding hydrogens is 664 g/mol. The number of aromatic nitrogens is 2. The summed E-state index contributed by atoms with van der Waals surface area (Å²) in [7, 11) is 0. The first-order valence-electron chi connectivity index (χ1n) is 16.8. The van der Waals surface area contributed by atoms with E-state index in [1.54, 1.807) is 20.8 Å². The predicted octanol–water partition coefficient (Wildman–Crippen LogP) is 5.12. The van der Waals surface area contributed by atoms with Crippen LogP contribution in [-0.2, 0) is 9.47 Å². The molecule has 0 bridgehead atoms. The number of β-amino-alcohol motifs (C(OH)–C–C–N with tert-alkyl or cyclic N) is 1. The number of hydrogen-bond donors (Lipinski definition) is 2. The standard InChI is InChI=1S/C34H46F4N6O6/c1-22(2)44(20-34(36,37)38)29(45)25-14-23(35)6-7-26(25)49-27-15-39-21-40-28(27)43-17-32(18-43)10-12-42(13-11-32)19-33(47)9-8-24(16-48-33)41-30(46)50-31(3,4)5/h6-7,14-15,21-22,24,47H,8-13,16-20H2,1-5H3,(H,41,46)/t24-,33-/m1/s1. The summed E-state index contributed by atoms with van der Waals surface area (Å²) in [6.45, 7) is 10.1. The Balaban J connectivity index is 1.16. The molecule has 3 saturated heterocycles. The summed E-state index contributed by atoms with van der Waals surface area (Å²) >= 11 is 0. The average Bonchev–Trinajstić information content (AvgIpc) is 3.00. The molecule has 3 fully saturated rings. The molecule has 16 heteroatoms. The largest absolute Gasteiger partial charge is 0.451 e. The molecule has 1 spiro atoms. The number of likely N-dealkylation sites (tertiary alicyclic amines) is 1. The Labute approximate surface area is 289 Å². The van der Waals surface area contributed by atoms with Gasteiger partial charge in [0.2, 0.25) is 0 Å². The maximum absolute atomic E-state index is 14.3. The number of amides is 2. The molecule has 0 aliphatic carbocycles. The summed E-state index contributed by atoms with van der Waals surface area (Å²) in [5, 5.41) is 13.9. The minimum atomic E-state index is -4.65. The van der Waals surface area contributed by atoms with E-state index >= 15 is 0 Å². The van der Waals surface area contributed by atoms with E-state index in [9.17, 15) is 32.3 Å². The van der Waals surface area contributed by atoms with Gasteiger partial charge in [-0.3, -0.25) is 9.69 Å². The van der Waals surface area contributed by atoms with Gasteiger partial charge in [-0.25, -0.2) is 19.2 Å². The number of benzene rings is 1. The minimum Gasteiger partial charge on any atom is -0.451 e. The van der Waals surface area contributed by atoms with Crippen molar-refractivity contribution in [1.29, 1.82) is 0 Å². The van der Waals surface area contributed by atoms with E-state index in [0.29, 0.717) is 43.2 Å². The maximum Gasteiger partial charge on any atom is 0.407 e. The van der Waals surface area contributed by atoms with Gasteiger partial charge in [-0.15, -0.1) is 0 Å². The van der Waals surface area contributed by atoms with Crippen molar-refractivity contribution in [3.8, 4) is 11.5 Å². The van der Waals surface area contributed by atoms with Crippen molar-refractivity contribution in [3.63, 3.8) is 0 Å². The smallest absolute Gasteiger partial charge is 0.407 e. The maximum atomic E-state index is 14.3. The van der Waals surface area contributed by atoms with Gasteiger partial charge in [-0.1, -0.05) is 0 Å². The second kappa shape index (κ2) is 14.5. The van der Waals surface area contributed by atoms with Gasteiger partial charge in [-0.05, 0) is 85.2 Å². The molecule has 3 aliphatic rings. The Morgan fingerprint density at radius 1 is 1.14 bits per heavy atom. The zero-order chi connectivity index (χ0) is 36.5. The van der Waals surface area contributed by atoms with E-state index in [0.717, 1.165) is 38.1 Å². The van der Waals surface area contributed by atoms with E-state index in [1.165, 1.54) is 32.4 Å². The van der Waals surface area contributed by atoms with Crippen molar-refractivity contribution in [2.45, 2.75) is 90.0 Å². The molecule has 3 aliphatic heterocycles. The first-order valence-corrected chi connectivity index (χ1v) is 16.8. The summed E-state index contributed by atoms with van der Waals surface area (Å²) in [6.07, 6.45) is 0.266. The van der Waals surface area contributed by atoms with Crippen LogP contribution in [0.4, 0.5) is 28.2 Å². The van der Waals surface area contributed by atoms with Crippen molar-refractivity contribution in [2.24, 2.45) is 5.41 Å². The topological polar surface area (TPSA) is 130 Å². The van der Waals surface area contributed by atoms with Crippen LogP contribution < -0.4 is 15.0 Å². The van der Waals surface area contributed by atoms with Gasteiger partial charge >= 0.3 is 12.3 Å². The van der Waals surface area contributed by atoms with Crippen LogP contribution in [-0.4, -0.2) is 112 Å². The molecule has 2 N–H and O–H groups in total. The van der Waals surface area contributed by atoms with Gasteiger partial charge in [0.25, 0.3) is 5.91 Å². The van der Waals surface area contributed by atoms with Crippen molar-refractivity contribution in [3.05, 3.63) is 42.1 Å². The summed E-state index contributed by atoms with van der Waals surface area (Å²) in [5.41, 5.74) is -0.947. The summed E-state index contributed by atoms with van der Waals surface area (Å²) in [4.78, 5) is 38.6. The number of rotatable bonds is 9. The molecule has 0 radical (unpaired) electrons. The lowest BCUT2D eigenvalue weighted by molar-refractivity contribution is -0.240. The van der Waals surface area contributed by atoms with E-state index in [4.69, 9.17) is 14.2 Å². The highest BCUT2D eigenvalue weighted by atomic mass is 19.4. The second-order valence-corrected chi connectivity index (χ2v) is 14.9. The predicted molar refractivity (Wildman–Crippen MR) is 174 cm³/mol.